The molecule has 1 aromatic heterocycles. The molecule has 0 spiro atoms. The quantitative estimate of drug-likeness (QED) is 0.555. The molecule has 5 heteroatoms. The van der Waals surface area contributed by atoms with Crippen molar-refractivity contribution in [3.63, 3.8) is 0 Å². The van der Waals surface area contributed by atoms with Gasteiger partial charge in [0.1, 0.15) is 6.10 Å². The van der Waals surface area contributed by atoms with Gasteiger partial charge in [0.15, 0.2) is 5.54 Å². The molecule has 0 amide bonds. The first-order valence-electron chi connectivity index (χ1n) is 8.88. The molecule has 0 aliphatic rings. The van der Waals surface area contributed by atoms with Crippen molar-refractivity contribution in [3.8, 4) is 0 Å². The Balaban J connectivity index is 2.09. The molecule has 5 nitrogen and oxygen atoms in total. The van der Waals surface area contributed by atoms with Crippen LogP contribution in [-0.2, 0) is 5.54 Å². The van der Waals surface area contributed by atoms with Crippen molar-refractivity contribution >= 4 is 0 Å². The van der Waals surface area contributed by atoms with Crippen LogP contribution < -0.4 is 0 Å². The highest BCUT2D eigenvalue weighted by molar-refractivity contribution is 5.49. The number of hydrogen-bond donors (Lipinski definition) is 1. The molecule has 0 fully saturated rings. The van der Waals surface area contributed by atoms with Crippen molar-refractivity contribution in [2.24, 2.45) is 0 Å². The third-order valence-corrected chi connectivity index (χ3v) is 4.68. The number of aliphatic hydroxyl groups is 1. The highest BCUT2D eigenvalue weighted by atomic mass is 16.3. The molecular formula is C22H20N4O. The first-order chi connectivity index (χ1) is 13.2. The normalized spacial score (nSPS) is 12.7. The monoisotopic (exact) mass is 356 g/mol. The second kappa shape index (κ2) is 7.13. The summed E-state index contributed by atoms with van der Waals surface area (Å²) in [5, 5.41) is 22.9. The molecule has 0 aliphatic carbocycles. The van der Waals surface area contributed by atoms with Gasteiger partial charge in [-0.15, -0.1) is 15.0 Å². The maximum Gasteiger partial charge on any atom is 0.202 e. The van der Waals surface area contributed by atoms with Gasteiger partial charge in [-0.1, -0.05) is 91.0 Å². The van der Waals surface area contributed by atoms with Gasteiger partial charge >= 0.3 is 0 Å². The number of rotatable bonds is 5. The van der Waals surface area contributed by atoms with Crippen molar-refractivity contribution in [3.05, 3.63) is 114 Å². The fourth-order valence-electron chi connectivity index (χ4n) is 3.42. The van der Waals surface area contributed by atoms with Crippen LogP contribution >= 0.6 is 0 Å². The Hall–Kier alpha value is -3.31. The molecule has 0 bridgehead atoms. The molecule has 0 radical (unpaired) electrons. The third-order valence-electron chi connectivity index (χ3n) is 4.68. The van der Waals surface area contributed by atoms with Crippen LogP contribution in [-0.4, -0.2) is 25.3 Å². The lowest BCUT2D eigenvalue weighted by Crippen LogP contribution is -2.39. The Morgan fingerprint density at radius 2 is 1.15 bits per heavy atom. The van der Waals surface area contributed by atoms with Gasteiger partial charge in [0.2, 0.25) is 5.82 Å². The van der Waals surface area contributed by atoms with Crippen molar-refractivity contribution in [1.82, 2.24) is 20.2 Å². The molecule has 4 rings (SSSR count). The molecule has 4 aromatic rings. The molecule has 1 atom stereocenters. The van der Waals surface area contributed by atoms with Crippen LogP contribution in [0.3, 0.4) is 0 Å². The first-order valence-corrected chi connectivity index (χ1v) is 8.88. The van der Waals surface area contributed by atoms with E-state index in [4.69, 9.17) is 0 Å². The van der Waals surface area contributed by atoms with Crippen LogP contribution in [0.2, 0.25) is 0 Å². The molecule has 134 valence electrons. The maximum atomic E-state index is 9.94. The summed E-state index contributed by atoms with van der Waals surface area (Å²) in [5.41, 5.74) is 2.23. The summed E-state index contributed by atoms with van der Waals surface area (Å²) in [5.74, 6) is 0.294. The van der Waals surface area contributed by atoms with E-state index in [9.17, 15) is 5.11 Å². The van der Waals surface area contributed by atoms with Gasteiger partial charge in [-0.3, -0.25) is 0 Å². The van der Waals surface area contributed by atoms with E-state index in [-0.39, 0.29) is 0 Å². The van der Waals surface area contributed by atoms with Crippen LogP contribution in [0.1, 0.15) is 35.5 Å². The highest BCUT2D eigenvalue weighted by Gasteiger charge is 2.41. The second-order valence-corrected chi connectivity index (χ2v) is 6.42. The molecule has 0 aliphatic heterocycles. The minimum absolute atomic E-state index is 0.294. The molecular weight excluding hydrogens is 336 g/mol. The Morgan fingerprint density at radius 3 is 1.48 bits per heavy atom. The van der Waals surface area contributed by atoms with Crippen LogP contribution in [0.4, 0.5) is 0 Å². The second-order valence-electron chi connectivity index (χ2n) is 6.42. The number of aliphatic hydroxyl groups excluding tert-OH is 1. The predicted octanol–water partition coefficient (Wildman–Crippen LogP) is 3.57. The average Bonchev–Trinajstić information content (AvgIpc) is 3.22. The zero-order chi connectivity index (χ0) is 18.7. The van der Waals surface area contributed by atoms with E-state index < -0.39 is 11.6 Å². The van der Waals surface area contributed by atoms with E-state index in [1.165, 1.54) is 0 Å². The zero-order valence-corrected chi connectivity index (χ0v) is 15.0. The summed E-state index contributed by atoms with van der Waals surface area (Å²) in [4.78, 5) is 1.61. The van der Waals surface area contributed by atoms with Crippen molar-refractivity contribution in [2.45, 2.75) is 18.6 Å². The van der Waals surface area contributed by atoms with E-state index >= 15 is 0 Å². The fraction of sp³-hybridized carbons (Fsp3) is 0.136. The summed E-state index contributed by atoms with van der Waals surface area (Å²) < 4.78 is 0. The smallest absolute Gasteiger partial charge is 0.202 e. The predicted molar refractivity (Wildman–Crippen MR) is 103 cm³/mol. The van der Waals surface area contributed by atoms with Gasteiger partial charge in [-0.25, -0.2) is 0 Å². The number of hydrogen-bond acceptors (Lipinski definition) is 4. The van der Waals surface area contributed by atoms with E-state index in [0.717, 1.165) is 16.7 Å². The van der Waals surface area contributed by atoms with Crippen LogP contribution in [0.5, 0.6) is 0 Å². The summed E-state index contributed by atoms with van der Waals surface area (Å²) in [7, 11) is 0. The molecule has 27 heavy (non-hydrogen) atoms. The van der Waals surface area contributed by atoms with E-state index in [2.05, 4.69) is 51.8 Å². The SMILES string of the molecule is CC(O)c1nnn(C(c2ccccc2)(c2ccccc2)c2ccccc2)n1. The summed E-state index contributed by atoms with van der Waals surface area (Å²) in [6.45, 7) is 1.64. The zero-order valence-electron chi connectivity index (χ0n) is 15.0. The van der Waals surface area contributed by atoms with Gasteiger partial charge in [0.05, 0.1) is 0 Å². The van der Waals surface area contributed by atoms with Gasteiger partial charge in [0.25, 0.3) is 0 Å². The fourth-order valence-corrected chi connectivity index (χ4v) is 3.42. The van der Waals surface area contributed by atoms with Gasteiger partial charge in [-0.2, -0.15) is 0 Å². The number of benzene rings is 3. The number of aromatic nitrogens is 4. The van der Waals surface area contributed by atoms with E-state index in [1.807, 2.05) is 54.6 Å². The summed E-state index contributed by atoms with van der Waals surface area (Å²) in [6.07, 6.45) is -0.793. The molecule has 1 unspecified atom stereocenters. The molecule has 1 heterocycles. The Bertz CT molecular complexity index is 902. The van der Waals surface area contributed by atoms with Gasteiger partial charge in [0, 0.05) is 0 Å². The highest BCUT2D eigenvalue weighted by Crippen LogP contribution is 2.39. The van der Waals surface area contributed by atoms with Crippen LogP contribution in [0.15, 0.2) is 91.0 Å². The molecule has 1 N–H and O–H groups in total. The standard InChI is InChI=1S/C22H20N4O/c1-17(27)21-23-25-26(24-21)22(18-11-5-2-6-12-18,19-13-7-3-8-14-19)20-15-9-4-10-16-20/h2-17,27H,1H3. The Labute approximate surface area is 157 Å². The lowest BCUT2D eigenvalue weighted by Gasteiger charge is -2.34. The minimum Gasteiger partial charge on any atom is -0.385 e. The van der Waals surface area contributed by atoms with E-state index in [1.54, 1.807) is 11.7 Å². The first kappa shape index (κ1) is 17.1. The molecule has 0 saturated heterocycles. The largest absolute Gasteiger partial charge is 0.385 e. The lowest BCUT2D eigenvalue weighted by molar-refractivity contribution is 0.188. The lowest BCUT2D eigenvalue weighted by atomic mass is 9.77. The van der Waals surface area contributed by atoms with Crippen molar-refractivity contribution < 1.29 is 5.11 Å². The topological polar surface area (TPSA) is 63.8 Å². The Kier molecular flexibility index (Phi) is 4.52. The molecule has 3 aromatic carbocycles. The summed E-state index contributed by atoms with van der Waals surface area (Å²) >= 11 is 0. The van der Waals surface area contributed by atoms with Gasteiger partial charge < -0.3 is 5.11 Å². The van der Waals surface area contributed by atoms with Crippen molar-refractivity contribution in [2.75, 3.05) is 0 Å². The maximum absolute atomic E-state index is 9.94. The Morgan fingerprint density at radius 1 is 0.741 bits per heavy atom. The third kappa shape index (κ3) is 2.92. The number of tetrazole rings is 1. The van der Waals surface area contributed by atoms with Crippen molar-refractivity contribution in [1.29, 1.82) is 0 Å². The number of nitrogens with zero attached hydrogens (tertiary/aromatic N) is 4. The molecule has 0 saturated carbocycles. The minimum atomic E-state index is -0.802. The average molecular weight is 356 g/mol. The van der Waals surface area contributed by atoms with Crippen LogP contribution in [0.25, 0.3) is 0 Å². The van der Waals surface area contributed by atoms with E-state index in [0.29, 0.717) is 5.82 Å². The van der Waals surface area contributed by atoms with Gasteiger partial charge in [-0.05, 0) is 28.8 Å². The summed E-state index contributed by atoms with van der Waals surface area (Å²) in [6, 6.07) is 30.3. The van der Waals surface area contributed by atoms with Crippen LogP contribution in [0, 0.1) is 0 Å².